The molecule has 0 atom stereocenters. The van der Waals surface area contributed by atoms with Gasteiger partial charge in [-0.2, -0.15) is 0 Å². The average Bonchev–Trinajstić information content (AvgIpc) is 3.14. The van der Waals surface area contributed by atoms with Crippen LogP contribution in [0.5, 0.6) is 5.75 Å². The van der Waals surface area contributed by atoms with Crippen molar-refractivity contribution in [3.8, 4) is 17.2 Å². The Bertz CT molecular complexity index is 825. The predicted octanol–water partition coefficient (Wildman–Crippen LogP) is 4.10. The van der Waals surface area contributed by atoms with Gasteiger partial charge in [-0.25, -0.2) is 9.78 Å². The van der Waals surface area contributed by atoms with E-state index in [0.717, 1.165) is 5.39 Å². The first-order valence-electron chi connectivity index (χ1n) is 7.37. The number of urea groups is 1. The van der Waals surface area contributed by atoms with E-state index in [1.165, 1.54) is 11.3 Å². The summed E-state index contributed by atoms with van der Waals surface area (Å²) in [5, 5.41) is 8.68. The van der Waals surface area contributed by atoms with Crippen LogP contribution in [0.15, 0.2) is 34.1 Å². The first-order valence-corrected chi connectivity index (χ1v) is 8.25. The monoisotopic (exact) mass is 331 g/mol. The molecular formula is C16H17N3O3S. The quantitative estimate of drug-likeness (QED) is 0.738. The van der Waals surface area contributed by atoms with E-state index in [2.05, 4.69) is 15.6 Å². The highest BCUT2D eigenvalue weighted by atomic mass is 32.1. The number of thiazole rings is 1. The van der Waals surface area contributed by atoms with Crippen molar-refractivity contribution in [2.45, 2.75) is 13.8 Å². The highest BCUT2D eigenvalue weighted by molar-refractivity contribution is 7.14. The van der Waals surface area contributed by atoms with Crippen LogP contribution in [0.3, 0.4) is 0 Å². The minimum absolute atomic E-state index is 0.267. The highest BCUT2D eigenvalue weighted by Crippen LogP contribution is 2.34. The van der Waals surface area contributed by atoms with Crippen LogP contribution in [0.2, 0.25) is 0 Å². The van der Waals surface area contributed by atoms with E-state index < -0.39 is 0 Å². The summed E-state index contributed by atoms with van der Waals surface area (Å²) in [7, 11) is 0. The third-order valence-corrected chi connectivity index (χ3v) is 3.88. The summed E-state index contributed by atoms with van der Waals surface area (Å²) < 4.78 is 11.5. The van der Waals surface area contributed by atoms with E-state index in [0.29, 0.717) is 41.1 Å². The fourth-order valence-electron chi connectivity index (χ4n) is 2.18. The number of aromatic nitrogens is 1. The summed E-state index contributed by atoms with van der Waals surface area (Å²) in [4.78, 5) is 15.9. The van der Waals surface area contributed by atoms with Crippen LogP contribution in [-0.4, -0.2) is 24.2 Å². The van der Waals surface area contributed by atoms with Crippen LogP contribution in [0, 0.1) is 0 Å². The van der Waals surface area contributed by atoms with Gasteiger partial charge in [-0.05, 0) is 26.0 Å². The molecule has 23 heavy (non-hydrogen) atoms. The highest BCUT2D eigenvalue weighted by Gasteiger charge is 2.14. The number of amides is 2. The minimum Gasteiger partial charge on any atom is -0.490 e. The molecule has 2 aromatic heterocycles. The van der Waals surface area contributed by atoms with Gasteiger partial charge in [-0.15, -0.1) is 11.3 Å². The van der Waals surface area contributed by atoms with Gasteiger partial charge in [0.15, 0.2) is 22.2 Å². The van der Waals surface area contributed by atoms with Crippen molar-refractivity contribution < 1.29 is 13.9 Å². The second-order valence-electron chi connectivity index (χ2n) is 4.74. The molecule has 0 spiro atoms. The maximum Gasteiger partial charge on any atom is 0.321 e. The van der Waals surface area contributed by atoms with Gasteiger partial charge in [-0.3, -0.25) is 5.32 Å². The fourth-order valence-corrected chi connectivity index (χ4v) is 2.87. The lowest BCUT2D eigenvalue weighted by atomic mass is 10.2. The SMILES string of the molecule is CCNC(=O)Nc1nc(-c2cc3cccc(OCC)c3o2)cs1. The first kappa shape index (κ1) is 15.4. The lowest BCUT2D eigenvalue weighted by Gasteiger charge is -2.02. The lowest BCUT2D eigenvalue weighted by molar-refractivity contribution is 0.252. The Morgan fingerprint density at radius 1 is 1.39 bits per heavy atom. The summed E-state index contributed by atoms with van der Waals surface area (Å²) in [5.41, 5.74) is 1.39. The molecule has 0 fully saturated rings. The number of nitrogens with one attached hydrogen (secondary N) is 2. The third kappa shape index (κ3) is 3.29. The molecule has 1 aromatic carbocycles. The molecule has 6 nitrogen and oxygen atoms in total. The molecule has 2 N–H and O–H groups in total. The number of hydrogen-bond donors (Lipinski definition) is 2. The number of fused-ring (bicyclic) bond motifs is 1. The van der Waals surface area contributed by atoms with E-state index in [4.69, 9.17) is 9.15 Å². The second-order valence-corrected chi connectivity index (χ2v) is 5.60. The summed E-state index contributed by atoms with van der Waals surface area (Å²) in [6.45, 7) is 4.93. The number of benzene rings is 1. The molecule has 0 aliphatic rings. The number of hydrogen-bond acceptors (Lipinski definition) is 5. The maximum atomic E-state index is 11.5. The van der Waals surface area contributed by atoms with Gasteiger partial charge in [0.1, 0.15) is 5.69 Å². The molecule has 120 valence electrons. The zero-order valence-corrected chi connectivity index (χ0v) is 13.7. The molecule has 0 aliphatic carbocycles. The number of ether oxygens (including phenoxy) is 1. The molecule has 3 aromatic rings. The van der Waals surface area contributed by atoms with Crippen molar-refractivity contribution in [2.75, 3.05) is 18.5 Å². The van der Waals surface area contributed by atoms with Gasteiger partial charge in [0.05, 0.1) is 6.61 Å². The van der Waals surface area contributed by atoms with E-state index in [1.807, 2.05) is 43.5 Å². The average molecular weight is 331 g/mol. The van der Waals surface area contributed by atoms with Crippen LogP contribution in [0.25, 0.3) is 22.4 Å². The molecule has 3 rings (SSSR count). The van der Waals surface area contributed by atoms with Crippen molar-refractivity contribution in [2.24, 2.45) is 0 Å². The molecule has 0 unspecified atom stereocenters. The summed E-state index contributed by atoms with van der Waals surface area (Å²) in [6.07, 6.45) is 0. The zero-order valence-electron chi connectivity index (χ0n) is 12.9. The third-order valence-electron chi connectivity index (χ3n) is 3.12. The Kier molecular flexibility index (Phi) is 4.47. The van der Waals surface area contributed by atoms with Gasteiger partial charge in [-0.1, -0.05) is 12.1 Å². The summed E-state index contributed by atoms with van der Waals surface area (Å²) in [5.74, 6) is 1.36. The molecule has 0 saturated heterocycles. The predicted molar refractivity (Wildman–Crippen MR) is 91.2 cm³/mol. The van der Waals surface area contributed by atoms with Gasteiger partial charge in [0, 0.05) is 17.3 Å². The second kappa shape index (κ2) is 6.70. The molecule has 2 heterocycles. The topological polar surface area (TPSA) is 76.4 Å². The standard InChI is InChI=1S/C16H17N3O3S/c1-3-17-15(20)19-16-18-11(9-23-16)13-8-10-6-5-7-12(21-4-2)14(10)22-13/h5-9H,3-4H2,1-2H3,(H2,17,18,19,20). The van der Waals surface area contributed by atoms with Gasteiger partial charge in [0.2, 0.25) is 0 Å². The van der Waals surface area contributed by atoms with E-state index in [9.17, 15) is 4.79 Å². The van der Waals surface area contributed by atoms with Crippen LogP contribution in [0.1, 0.15) is 13.8 Å². The van der Waals surface area contributed by atoms with Gasteiger partial charge < -0.3 is 14.5 Å². The molecule has 2 amide bonds. The van der Waals surface area contributed by atoms with Crippen LogP contribution in [-0.2, 0) is 0 Å². The van der Waals surface area contributed by atoms with Crippen LogP contribution >= 0.6 is 11.3 Å². The maximum absolute atomic E-state index is 11.5. The molecule has 7 heteroatoms. The number of rotatable bonds is 5. The zero-order chi connectivity index (χ0) is 16.2. The van der Waals surface area contributed by atoms with Gasteiger partial charge in [0.25, 0.3) is 0 Å². The Hall–Kier alpha value is -2.54. The van der Waals surface area contributed by atoms with Crippen molar-refractivity contribution in [1.82, 2.24) is 10.3 Å². The van der Waals surface area contributed by atoms with Crippen molar-refractivity contribution in [3.63, 3.8) is 0 Å². The Labute approximate surface area is 137 Å². The molecular weight excluding hydrogens is 314 g/mol. The smallest absolute Gasteiger partial charge is 0.321 e. The molecule has 0 saturated carbocycles. The van der Waals surface area contributed by atoms with Crippen molar-refractivity contribution >= 4 is 33.5 Å². The van der Waals surface area contributed by atoms with Crippen molar-refractivity contribution in [3.05, 3.63) is 29.6 Å². The van der Waals surface area contributed by atoms with Crippen LogP contribution in [0.4, 0.5) is 9.93 Å². The Morgan fingerprint density at radius 3 is 3.04 bits per heavy atom. The lowest BCUT2D eigenvalue weighted by Crippen LogP contribution is -2.28. The fraction of sp³-hybridized carbons (Fsp3) is 0.250. The number of nitrogens with zero attached hydrogens (tertiary/aromatic N) is 1. The number of carbonyl (C=O) groups excluding carboxylic acids is 1. The minimum atomic E-state index is -0.267. The van der Waals surface area contributed by atoms with E-state index >= 15 is 0 Å². The summed E-state index contributed by atoms with van der Waals surface area (Å²) in [6, 6.07) is 7.42. The van der Waals surface area contributed by atoms with Crippen molar-refractivity contribution in [1.29, 1.82) is 0 Å². The number of carbonyl (C=O) groups is 1. The number of furan rings is 1. The molecule has 0 bridgehead atoms. The number of para-hydroxylation sites is 1. The van der Waals surface area contributed by atoms with Crippen LogP contribution < -0.4 is 15.4 Å². The Morgan fingerprint density at radius 2 is 2.26 bits per heavy atom. The molecule has 0 radical (unpaired) electrons. The van der Waals surface area contributed by atoms with E-state index in [-0.39, 0.29) is 6.03 Å². The van der Waals surface area contributed by atoms with E-state index in [1.54, 1.807) is 0 Å². The molecule has 0 aliphatic heterocycles. The first-order chi connectivity index (χ1) is 11.2. The normalized spacial score (nSPS) is 10.7. The Balaban J connectivity index is 1.87. The summed E-state index contributed by atoms with van der Waals surface area (Å²) >= 11 is 1.35. The largest absolute Gasteiger partial charge is 0.490 e. The number of anilines is 1. The van der Waals surface area contributed by atoms with Gasteiger partial charge >= 0.3 is 6.03 Å².